The maximum Gasteiger partial charge on any atom is 0.573 e. The highest BCUT2D eigenvalue weighted by atomic mass is 32.1. The van der Waals surface area contributed by atoms with Gasteiger partial charge in [-0.25, -0.2) is 4.98 Å². The predicted molar refractivity (Wildman–Crippen MR) is 109 cm³/mol. The summed E-state index contributed by atoms with van der Waals surface area (Å²) in [6, 6.07) is 7.19. The first-order valence-electron chi connectivity index (χ1n) is 8.66. The molecule has 3 aromatic rings. The van der Waals surface area contributed by atoms with Crippen LogP contribution in [0.15, 0.2) is 60.3 Å². The summed E-state index contributed by atoms with van der Waals surface area (Å²) in [6.07, 6.45) is 0.432. The smallest absolute Gasteiger partial charge is 0.406 e. The average molecular weight is 432 g/mol. The molecule has 0 bridgehead atoms. The molecule has 1 aliphatic rings. The van der Waals surface area contributed by atoms with Gasteiger partial charge in [0.25, 0.3) is 5.91 Å². The van der Waals surface area contributed by atoms with Crippen molar-refractivity contribution in [3.63, 3.8) is 0 Å². The molecule has 1 aromatic carbocycles. The van der Waals surface area contributed by atoms with Gasteiger partial charge >= 0.3 is 6.36 Å². The standard InChI is InChI=1S/C20H15F3N4O2S/c1-12-3-4-13-11-16(17(28)25-19-24-9-10-30-19)26(2)18(13)27(12)14-5-7-15(8-6-14)29-20(21,22)23/h3-11H,1H2,2H3,(H,24,25,28). The van der Waals surface area contributed by atoms with Gasteiger partial charge in [0.2, 0.25) is 0 Å². The van der Waals surface area contributed by atoms with Crippen LogP contribution in [-0.2, 0) is 7.05 Å². The number of carbonyl (C=O) groups excluding carboxylic acids is 1. The Morgan fingerprint density at radius 3 is 2.60 bits per heavy atom. The molecule has 1 N–H and O–H groups in total. The zero-order valence-corrected chi connectivity index (χ0v) is 16.4. The Hall–Kier alpha value is -3.53. The largest absolute Gasteiger partial charge is 0.573 e. The van der Waals surface area contributed by atoms with E-state index in [1.54, 1.807) is 40.2 Å². The second-order valence-corrected chi connectivity index (χ2v) is 7.26. The van der Waals surface area contributed by atoms with E-state index >= 15 is 0 Å². The third kappa shape index (κ3) is 3.81. The summed E-state index contributed by atoms with van der Waals surface area (Å²) in [7, 11) is 1.73. The van der Waals surface area contributed by atoms with Crippen molar-refractivity contribution in [2.75, 3.05) is 10.2 Å². The Labute approximate surface area is 173 Å². The quantitative estimate of drug-likeness (QED) is 0.607. The number of fused-ring (bicyclic) bond motifs is 1. The van der Waals surface area contributed by atoms with Crippen LogP contribution in [0.25, 0.3) is 6.08 Å². The summed E-state index contributed by atoms with van der Waals surface area (Å²) >= 11 is 1.31. The number of allylic oxidation sites excluding steroid dienone is 1. The van der Waals surface area contributed by atoms with E-state index in [0.717, 1.165) is 5.56 Å². The first-order valence-corrected chi connectivity index (χ1v) is 9.54. The SMILES string of the molecule is C=C1C=Cc2cc(C(=O)Nc3nccs3)n(C)c2N1c1ccc(OC(F)(F)F)cc1. The van der Waals surface area contributed by atoms with Crippen LogP contribution in [0.4, 0.5) is 29.8 Å². The van der Waals surface area contributed by atoms with E-state index in [9.17, 15) is 18.0 Å². The van der Waals surface area contributed by atoms with Crippen LogP contribution in [-0.4, -0.2) is 21.8 Å². The van der Waals surface area contributed by atoms with Crippen molar-refractivity contribution in [3.05, 3.63) is 71.5 Å². The Bertz CT molecular complexity index is 1130. The monoisotopic (exact) mass is 432 g/mol. The normalized spacial score (nSPS) is 13.3. The van der Waals surface area contributed by atoms with Crippen LogP contribution < -0.4 is 15.0 Å². The maximum atomic E-state index is 12.7. The van der Waals surface area contributed by atoms with Gasteiger partial charge in [0.15, 0.2) is 5.13 Å². The van der Waals surface area contributed by atoms with E-state index in [-0.39, 0.29) is 11.7 Å². The van der Waals surface area contributed by atoms with Gasteiger partial charge in [-0.1, -0.05) is 6.58 Å². The molecule has 0 fully saturated rings. The number of carbonyl (C=O) groups is 1. The van der Waals surface area contributed by atoms with E-state index < -0.39 is 6.36 Å². The minimum atomic E-state index is -4.76. The number of ether oxygens (including phenoxy) is 1. The summed E-state index contributed by atoms with van der Waals surface area (Å²) in [4.78, 5) is 18.5. The van der Waals surface area contributed by atoms with Crippen molar-refractivity contribution in [1.82, 2.24) is 9.55 Å². The Morgan fingerprint density at radius 2 is 1.97 bits per heavy atom. The number of halogens is 3. The molecule has 4 rings (SSSR count). The number of nitrogens with zero attached hydrogens (tertiary/aromatic N) is 3. The molecule has 1 aliphatic heterocycles. The Kier molecular flexibility index (Phi) is 4.86. The molecule has 30 heavy (non-hydrogen) atoms. The topological polar surface area (TPSA) is 59.4 Å². The van der Waals surface area contributed by atoms with Crippen LogP contribution in [0.1, 0.15) is 16.1 Å². The van der Waals surface area contributed by atoms with Crippen LogP contribution in [0.5, 0.6) is 5.75 Å². The van der Waals surface area contributed by atoms with Gasteiger partial charge in [0.1, 0.15) is 17.3 Å². The molecular formula is C20H15F3N4O2S. The molecule has 0 atom stereocenters. The van der Waals surface area contributed by atoms with Crippen molar-refractivity contribution in [3.8, 4) is 5.75 Å². The van der Waals surface area contributed by atoms with Gasteiger partial charge in [-0.2, -0.15) is 0 Å². The number of hydrogen-bond acceptors (Lipinski definition) is 5. The summed E-state index contributed by atoms with van der Waals surface area (Å²) in [6.45, 7) is 4.01. The van der Waals surface area contributed by atoms with Crippen LogP contribution in [0, 0.1) is 0 Å². The van der Waals surface area contributed by atoms with E-state index in [0.29, 0.717) is 28.0 Å². The molecule has 0 saturated carbocycles. The van der Waals surface area contributed by atoms with Crippen molar-refractivity contribution >= 4 is 40.0 Å². The van der Waals surface area contributed by atoms with E-state index in [2.05, 4.69) is 21.6 Å². The molecule has 0 unspecified atom stereocenters. The van der Waals surface area contributed by atoms with Crippen molar-refractivity contribution in [2.24, 2.45) is 7.05 Å². The van der Waals surface area contributed by atoms with Crippen molar-refractivity contribution in [2.45, 2.75) is 6.36 Å². The summed E-state index contributed by atoms with van der Waals surface area (Å²) in [5.74, 6) is 0.0195. The summed E-state index contributed by atoms with van der Waals surface area (Å²) in [5.41, 5.74) is 2.34. The Morgan fingerprint density at radius 1 is 1.23 bits per heavy atom. The lowest BCUT2D eigenvalue weighted by Crippen LogP contribution is -2.22. The van der Waals surface area contributed by atoms with Gasteiger partial charge in [0.05, 0.1) is 0 Å². The highest BCUT2D eigenvalue weighted by Gasteiger charge is 2.31. The summed E-state index contributed by atoms with van der Waals surface area (Å²) < 4.78 is 42.9. The number of alkyl halides is 3. The fourth-order valence-corrected chi connectivity index (χ4v) is 3.69. The molecule has 6 nitrogen and oxygen atoms in total. The number of hydrogen-bond donors (Lipinski definition) is 1. The average Bonchev–Trinajstić information content (AvgIpc) is 3.30. The Balaban J connectivity index is 1.67. The summed E-state index contributed by atoms with van der Waals surface area (Å²) in [5, 5.41) is 4.98. The number of amides is 1. The van der Waals surface area contributed by atoms with E-state index in [4.69, 9.17) is 0 Å². The minimum Gasteiger partial charge on any atom is -0.406 e. The first-order chi connectivity index (χ1) is 14.2. The second kappa shape index (κ2) is 7.38. The fourth-order valence-electron chi connectivity index (χ4n) is 3.16. The number of aromatic nitrogens is 2. The van der Waals surface area contributed by atoms with Gasteiger partial charge in [-0.05, 0) is 42.5 Å². The molecule has 0 spiro atoms. The second-order valence-electron chi connectivity index (χ2n) is 6.36. The minimum absolute atomic E-state index is 0.319. The number of benzene rings is 1. The van der Waals surface area contributed by atoms with Crippen molar-refractivity contribution < 1.29 is 22.7 Å². The number of thiazole rings is 1. The van der Waals surface area contributed by atoms with E-state index in [1.807, 2.05) is 6.08 Å². The lowest BCUT2D eigenvalue weighted by Gasteiger charge is -2.29. The zero-order valence-electron chi connectivity index (χ0n) is 15.6. The molecule has 1 amide bonds. The molecule has 3 heterocycles. The number of anilines is 3. The number of rotatable bonds is 4. The molecule has 0 aliphatic carbocycles. The fraction of sp³-hybridized carbons (Fsp3) is 0.100. The maximum absolute atomic E-state index is 12.7. The van der Waals surface area contributed by atoms with Crippen molar-refractivity contribution in [1.29, 1.82) is 0 Å². The van der Waals surface area contributed by atoms with Gasteiger partial charge in [0, 0.05) is 35.6 Å². The van der Waals surface area contributed by atoms with E-state index in [1.165, 1.54) is 35.6 Å². The van der Waals surface area contributed by atoms with Crippen LogP contribution in [0.3, 0.4) is 0 Å². The third-order valence-electron chi connectivity index (χ3n) is 4.40. The highest BCUT2D eigenvalue weighted by Crippen LogP contribution is 2.39. The number of nitrogens with one attached hydrogen (secondary N) is 1. The zero-order chi connectivity index (χ0) is 21.5. The molecule has 10 heteroatoms. The predicted octanol–water partition coefficient (Wildman–Crippen LogP) is 5.31. The van der Waals surface area contributed by atoms with Gasteiger partial charge in [-0.3, -0.25) is 15.0 Å². The van der Waals surface area contributed by atoms with Crippen LogP contribution in [0.2, 0.25) is 0 Å². The highest BCUT2D eigenvalue weighted by molar-refractivity contribution is 7.13. The lowest BCUT2D eigenvalue weighted by atomic mass is 10.1. The van der Waals surface area contributed by atoms with Crippen LogP contribution >= 0.6 is 11.3 Å². The van der Waals surface area contributed by atoms with Gasteiger partial charge < -0.3 is 9.30 Å². The van der Waals surface area contributed by atoms with Gasteiger partial charge in [-0.15, -0.1) is 24.5 Å². The molecular weight excluding hydrogens is 417 g/mol. The lowest BCUT2D eigenvalue weighted by molar-refractivity contribution is -0.274. The third-order valence-corrected chi connectivity index (χ3v) is 5.09. The molecule has 0 saturated heterocycles. The molecule has 2 aromatic heterocycles. The molecule has 154 valence electrons. The molecule has 0 radical (unpaired) electrons. The first kappa shape index (κ1) is 19.8.